The van der Waals surface area contributed by atoms with Gasteiger partial charge in [0.15, 0.2) is 4.80 Å². The molecule has 2 heterocycles. The second kappa shape index (κ2) is 9.44. The van der Waals surface area contributed by atoms with Crippen LogP contribution in [0.5, 0.6) is 0 Å². The fourth-order valence-electron chi connectivity index (χ4n) is 2.45. The summed E-state index contributed by atoms with van der Waals surface area (Å²) in [4.78, 5) is 42.4. The molecule has 1 aromatic carbocycles. The first-order valence-electron chi connectivity index (χ1n) is 8.69. The van der Waals surface area contributed by atoms with E-state index in [1.165, 1.54) is 29.1 Å². The standard InChI is InChI=1S/C20H18N2O5S2/c1-3-27-18(24)13-6-8-14(9-7-13)21-20-22(12-15-5-4-10-28-15)17(23)11-16(29-20)19(25)26-2/h4-11H,3,12H2,1-2H3. The summed E-state index contributed by atoms with van der Waals surface area (Å²) >= 11 is 2.59. The zero-order valence-electron chi connectivity index (χ0n) is 15.8. The van der Waals surface area contributed by atoms with Gasteiger partial charge in [0.05, 0.1) is 31.5 Å². The van der Waals surface area contributed by atoms with Gasteiger partial charge in [0.25, 0.3) is 5.56 Å². The Labute approximate surface area is 174 Å². The van der Waals surface area contributed by atoms with Gasteiger partial charge in [0.1, 0.15) is 4.88 Å². The van der Waals surface area contributed by atoms with Gasteiger partial charge in [0, 0.05) is 10.9 Å². The van der Waals surface area contributed by atoms with Gasteiger partial charge in [-0.15, -0.1) is 11.3 Å². The third-order valence-electron chi connectivity index (χ3n) is 3.84. The number of carbonyl (C=O) groups is 2. The van der Waals surface area contributed by atoms with E-state index in [0.29, 0.717) is 29.2 Å². The topological polar surface area (TPSA) is 87.0 Å². The van der Waals surface area contributed by atoms with E-state index in [9.17, 15) is 14.4 Å². The molecule has 0 fully saturated rings. The van der Waals surface area contributed by atoms with Crippen LogP contribution in [0.15, 0.2) is 57.6 Å². The monoisotopic (exact) mass is 430 g/mol. The molecule has 0 saturated heterocycles. The van der Waals surface area contributed by atoms with Crippen LogP contribution >= 0.6 is 22.7 Å². The molecule has 0 radical (unpaired) electrons. The molecule has 3 rings (SSSR count). The number of thiophene rings is 1. The fourth-order valence-corrected chi connectivity index (χ4v) is 4.08. The van der Waals surface area contributed by atoms with Crippen LogP contribution in [-0.2, 0) is 16.0 Å². The molecule has 0 spiro atoms. The minimum atomic E-state index is -0.593. The normalized spacial score (nSPS) is 11.3. The molecular weight excluding hydrogens is 412 g/mol. The summed E-state index contributed by atoms with van der Waals surface area (Å²) in [5.74, 6) is -1.01. The Bertz CT molecular complexity index is 1130. The van der Waals surface area contributed by atoms with Gasteiger partial charge in [-0.1, -0.05) is 17.4 Å². The molecule has 0 atom stereocenters. The minimum absolute atomic E-state index is 0.168. The first-order chi connectivity index (χ1) is 14.0. The van der Waals surface area contributed by atoms with Crippen LogP contribution in [0.25, 0.3) is 0 Å². The number of methoxy groups -OCH3 is 1. The van der Waals surface area contributed by atoms with Crippen LogP contribution < -0.4 is 10.4 Å². The number of esters is 2. The van der Waals surface area contributed by atoms with Crippen molar-refractivity contribution in [2.45, 2.75) is 13.5 Å². The van der Waals surface area contributed by atoms with Gasteiger partial charge in [0.2, 0.25) is 0 Å². The third kappa shape index (κ3) is 5.07. The number of nitrogens with zero attached hydrogens (tertiary/aromatic N) is 2. The largest absolute Gasteiger partial charge is 0.465 e. The second-order valence-electron chi connectivity index (χ2n) is 5.77. The van der Waals surface area contributed by atoms with Crippen molar-refractivity contribution in [3.63, 3.8) is 0 Å². The van der Waals surface area contributed by atoms with Crippen LogP contribution in [-0.4, -0.2) is 30.2 Å². The molecule has 0 bridgehead atoms. The van der Waals surface area contributed by atoms with Gasteiger partial charge >= 0.3 is 11.9 Å². The third-order valence-corrected chi connectivity index (χ3v) is 5.70. The Morgan fingerprint density at radius 3 is 2.52 bits per heavy atom. The Morgan fingerprint density at radius 2 is 1.90 bits per heavy atom. The number of carbonyl (C=O) groups excluding carboxylic acids is 2. The molecule has 7 nitrogen and oxygen atoms in total. The number of aromatic nitrogens is 1. The summed E-state index contributed by atoms with van der Waals surface area (Å²) in [6.07, 6.45) is 0. The van der Waals surface area contributed by atoms with Crippen molar-refractivity contribution in [1.29, 1.82) is 0 Å². The Morgan fingerprint density at radius 1 is 1.14 bits per heavy atom. The van der Waals surface area contributed by atoms with Gasteiger partial charge in [-0.2, -0.15) is 0 Å². The van der Waals surface area contributed by atoms with Crippen molar-refractivity contribution in [3.05, 3.63) is 78.3 Å². The first-order valence-corrected chi connectivity index (χ1v) is 10.4. The summed E-state index contributed by atoms with van der Waals surface area (Å²) in [6, 6.07) is 11.6. The molecule has 0 aliphatic rings. The van der Waals surface area contributed by atoms with Crippen LogP contribution in [0, 0.1) is 0 Å². The Balaban J connectivity index is 2.07. The van der Waals surface area contributed by atoms with E-state index in [0.717, 1.165) is 16.2 Å². The molecule has 0 aliphatic carbocycles. The van der Waals surface area contributed by atoms with E-state index in [-0.39, 0.29) is 10.4 Å². The molecular formula is C20H18N2O5S2. The lowest BCUT2D eigenvalue weighted by Crippen LogP contribution is -2.32. The lowest BCUT2D eigenvalue weighted by molar-refractivity contribution is 0.0525. The number of rotatable bonds is 6. The molecule has 3 aromatic rings. The zero-order chi connectivity index (χ0) is 20.8. The average molecular weight is 431 g/mol. The maximum atomic E-state index is 12.7. The van der Waals surface area contributed by atoms with Crippen molar-refractivity contribution in [1.82, 2.24) is 4.57 Å². The molecule has 0 amide bonds. The predicted octanol–water partition coefficient (Wildman–Crippen LogP) is 3.22. The molecule has 29 heavy (non-hydrogen) atoms. The summed E-state index contributed by atoms with van der Waals surface area (Å²) in [5, 5.41) is 1.93. The predicted molar refractivity (Wildman–Crippen MR) is 111 cm³/mol. The second-order valence-corrected chi connectivity index (χ2v) is 7.81. The average Bonchev–Trinajstić information content (AvgIpc) is 3.23. The van der Waals surface area contributed by atoms with Gasteiger partial charge in [-0.05, 0) is 42.6 Å². The summed E-state index contributed by atoms with van der Waals surface area (Å²) < 4.78 is 11.2. The Hall–Kier alpha value is -3.04. The lowest BCUT2D eigenvalue weighted by atomic mass is 10.2. The van der Waals surface area contributed by atoms with Crippen molar-refractivity contribution in [2.75, 3.05) is 13.7 Å². The van der Waals surface area contributed by atoms with E-state index in [1.807, 2.05) is 17.5 Å². The van der Waals surface area contributed by atoms with E-state index in [4.69, 9.17) is 9.47 Å². The molecule has 2 aromatic heterocycles. The maximum absolute atomic E-state index is 12.7. The quantitative estimate of drug-likeness (QED) is 0.561. The highest BCUT2D eigenvalue weighted by Gasteiger charge is 2.12. The fraction of sp³-hybridized carbons (Fsp3) is 0.200. The molecule has 9 heteroatoms. The van der Waals surface area contributed by atoms with Crippen molar-refractivity contribution < 1.29 is 19.1 Å². The van der Waals surface area contributed by atoms with Crippen LogP contribution in [0.3, 0.4) is 0 Å². The molecule has 0 aliphatic heterocycles. The van der Waals surface area contributed by atoms with Crippen LogP contribution in [0.1, 0.15) is 31.8 Å². The van der Waals surface area contributed by atoms with E-state index >= 15 is 0 Å². The highest BCUT2D eigenvalue weighted by atomic mass is 32.1. The number of hydrogen-bond donors (Lipinski definition) is 0. The number of hydrogen-bond acceptors (Lipinski definition) is 8. The highest BCUT2D eigenvalue weighted by Crippen LogP contribution is 2.15. The van der Waals surface area contributed by atoms with E-state index in [2.05, 4.69) is 4.99 Å². The summed E-state index contributed by atoms with van der Waals surface area (Å²) in [7, 11) is 1.26. The van der Waals surface area contributed by atoms with Crippen LogP contribution in [0.4, 0.5) is 5.69 Å². The van der Waals surface area contributed by atoms with E-state index < -0.39 is 11.9 Å². The molecule has 0 saturated carbocycles. The van der Waals surface area contributed by atoms with Gasteiger partial charge in [-0.25, -0.2) is 14.6 Å². The van der Waals surface area contributed by atoms with Crippen molar-refractivity contribution in [2.24, 2.45) is 4.99 Å². The summed E-state index contributed by atoms with van der Waals surface area (Å²) in [5.41, 5.74) is 0.601. The molecule has 0 N–H and O–H groups in total. The van der Waals surface area contributed by atoms with Crippen molar-refractivity contribution in [3.8, 4) is 0 Å². The number of ether oxygens (including phenoxy) is 2. The molecule has 0 unspecified atom stereocenters. The van der Waals surface area contributed by atoms with Gasteiger partial charge in [-0.3, -0.25) is 9.36 Å². The lowest BCUT2D eigenvalue weighted by Gasteiger charge is -2.07. The maximum Gasteiger partial charge on any atom is 0.348 e. The zero-order valence-corrected chi connectivity index (χ0v) is 17.4. The van der Waals surface area contributed by atoms with Crippen LogP contribution in [0.2, 0.25) is 0 Å². The van der Waals surface area contributed by atoms with Gasteiger partial charge < -0.3 is 9.47 Å². The van der Waals surface area contributed by atoms with E-state index in [1.54, 1.807) is 31.2 Å². The highest BCUT2D eigenvalue weighted by molar-refractivity contribution is 7.11. The molecule has 150 valence electrons. The summed E-state index contributed by atoms with van der Waals surface area (Å²) in [6.45, 7) is 2.38. The smallest absolute Gasteiger partial charge is 0.348 e. The minimum Gasteiger partial charge on any atom is -0.465 e. The Kier molecular flexibility index (Phi) is 6.73. The first kappa shape index (κ1) is 20.7. The van der Waals surface area contributed by atoms with Crippen molar-refractivity contribution >= 4 is 40.3 Å². The number of benzene rings is 1. The SMILES string of the molecule is CCOC(=O)c1ccc(N=c2sc(C(=O)OC)cc(=O)n2Cc2cccs2)cc1.